The van der Waals surface area contributed by atoms with Gasteiger partial charge in [-0.15, -0.1) is 6.58 Å². The molecular weight excluding hydrogens is 174 g/mol. The van der Waals surface area contributed by atoms with Crippen molar-refractivity contribution in [1.29, 1.82) is 0 Å². The Labute approximate surface area is 76.4 Å². The third-order valence-corrected chi connectivity index (χ3v) is 1.30. The monoisotopic (exact) mass is 187 g/mol. The van der Waals surface area contributed by atoms with Crippen molar-refractivity contribution in [2.75, 3.05) is 13.7 Å². The van der Waals surface area contributed by atoms with Crippen molar-refractivity contribution in [3.8, 4) is 0 Å². The molecule has 74 valence electrons. The number of hydrogen-bond acceptors (Lipinski definition) is 4. The fraction of sp³-hybridized carbons (Fsp3) is 0.500. The lowest BCUT2D eigenvalue weighted by Gasteiger charge is -2.08. The summed E-state index contributed by atoms with van der Waals surface area (Å²) in [5.41, 5.74) is 0. The first-order valence-corrected chi connectivity index (χ1v) is 3.75. The van der Waals surface area contributed by atoms with Crippen LogP contribution < -0.4 is 5.32 Å². The minimum Gasteiger partial charge on any atom is -0.467 e. The number of nitrogens with one attached hydrogen (secondary N) is 1. The van der Waals surface area contributed by atoms with E-state index in [1.165, 1.54) is 6.08 Å². The van der Waals surface area contributed by atoms with E-state index < -0.39 is 12.1 Å². The molecular formula is C8H13NO4. The molecule has 0 bridgehead atoms. The predicted molar refractivity (Wildman–Crippen MR) is 45.8 cm³/mol. The lowest BCUT2D eigenvalue weighted by molar-refractivity contribution is -0.150. The number of methoxy groups -OCH3 is 1. The zero-order valence-corrected chi connectivity index (χ0v) is 7.45. The van der Waals surface area contributed by atoms with Crippen LogP contribution in [0.4, 0.5) is 0 Å². The van der Waals surface area contributed by atoms with Crippen molar-refractivity contribution >= 4 is 11.9 Å². The first-order chi connectivity index (χ1) is 6.11. The number of esters is 1. The van der Waals surface area contributed by atoms with E-state index in [1.54, 1.807) is 0 Å². The molecule has 0 aliphatic heterocycles. The largest absolute Gasteiger partial charge is 0.467 e. The Morgan fingerprint density at radius 3 is 2.77 bits per heavy atom. The molecule has 0 radical (unpaired) electrons. The molecule has 1 unspecified atom stereocenters. The number of carbonyl (C=O) groups excluding carboxylic acids is 2. The van der Waals surface area contributed by atoms with Gasteiger partial charge in [0.25, 0.3) is 0 Å². The van der Waals surface area contributed by atoms with E-state index in [9.17, 15) is 9.59 Å². The second-order valence-electron chi connectivity index (χ2n) is 2.34. The molecule has 5 nitrogen and oxygen atoms in total. The Bertz CT molecular complexity index is 202. The van der Waals surface area contributed by atoms with Crippen LogP contribution in [-0.2, 0) is 14.3 Å². The third-order valence-electron chi connectivity index (χ3n) is 1.30. The van der Waals surface area contributed by atoms with Gasteiger partial charge in [0.05, 0.1) is 13.7 Å². The summed E-state index contributed by atoms with van der Waals surface area (Å²) >= 11 is 0. The maximum Gasteiger partial charge on any atom is 0.336 e. The molecule has 0 fully saturated rings. The fourth-order valence-corrected chi connectivity index (χ4v) is 0.633. The van der Waals surface area contributed by atoms with Crippen LogP contribution in [0.15, 0.2) is 12.7 Å². The molecule has 0 heterocycles. The van der Waals surface area contributed by atoms with E-state index in [-0.39, 0.29) is 18.9 Å². The van der Waals surface area contributed by atoms with Gasteiger partial charge in [0.2, 0.25) is 5.91 Å². The second kappa shape index (κ2) is 6.19. The highest BCUT2D eigenvalue weighted by molar-refractivity contribution is 5.79. The number of ether oxygens (including phenoxy) is 1. The Balaban J connectivity index is 3.69. The van der Waals surface area contributed by atoms with Crippen LogP contribution >= 0.6 is 0 Å². The SMILES string of the molecule is C=CCC(=O)NCC(O)C(=O)OC. The average molecular weight is 187 g/mol. The highest BCUT2D eigenvalue weighted by atomic mass is 16.5. The zero-order valence-electron chi connectivity index (χ0n) is 7.45. The molecule has 1 amide bonds. The van der Waals surface area contributed by atoms with E-state index in [4.69, 9.17) is 5.11 Å². The summed E-state index contributed by atoms with van der Waals surface area (Å²) in [5, 5.41) is 11.4. The van der Waals surface area contributed by atoms with E-state index in [0.29, 0.717) is 0 Å². The first-order valence-electron chi connectivity index (χ1n) is 3.75. The molecule has 0 aromatic heterocycles. The van der Waals surface area contributed by atoms with Crippen LogP contribution in [0, 0.1) is 0 Å². The van der Waals surface area contributed by atoms with E-state index in [0.717, 1.165) is 7.11 Å². The Morgan fingerprint density at radius 1 is 1.69 bits per heavy atom. The molecule has 0 saturated carbocycles. The number of hydrogen-bond donors (Lipinski definition) is 2. The number of amides is 1. The lowest BCUT2D eigenvalue weighted by atomic mass is 10.3. The summed E-state index contributed by atoms with van der Waals surface area (Å²) in [6, 6.07) is 0. The second-order valence-corrected chi connectivity index (χ2v) is 2.34. The molecule has 0 rings (SSSR count). The van der Waals surface area contributed by atoms with Crippen molar-refractivity contribution in [1.82, 2.24) is 5.32 Å². The summed E-state index contributed by atoms with van der Waals surface area (Å²) < 4.78 is 4.24. The Hall–Kier alpha value is -1.36. The van der Waals surface area contributed by atoms with Crippen molar-refractivity contribution in [2.24, 2.45) is 0 Å². The van der Waals surface area contributed by atoms with Gasteiger partial charge in [-0.1, -0.05) is 6.08 Å². The van der Waals surface area contributed by atoms with Crippen LogP contribution in [0.5, 0.6) is 0 Å². The van der Waals surface area contributed by atoms with Crippen LogP contribution in [-0.4, -0.2) is 36.7 Å². The molecule has 2 N–H and O–H groups in total. The highest BCUT2D eigenvalue weighted by Crippen LogP contribution is 1.86. The number of aliphatic hydroxyl groups is 1. The maximum absolute atomic E-state index is 10.8. The summed E-state index contributed by atoms with van der Waals surface area (Å²) in [7, 11) is 1.16. The molecule has 13 heavy (non-hydrogen) atoms. The van der Waals surface area contributed by atoms with Gasteiger partial charge in [0.1, 0.15) is 0 Å². The van der Waals surface area contributed by atoms with Gasteiger partial charge in [0, 0.05) is 6.42 Å². The van der Waals surface area contributed by atoms with Gasteiger partial charge in [-0.2, -0.15) is 0 Å². The molecule has 1 atom stereocenters. The minimum absolute atomic E-state index is 0.140. The van der Waals surface area contributed by atoms with Crippen LogP contribution in [0.2, 0.25) is 0 Å². The van der Waals surface area contributed by atoms with Gasteiger partial charge in [-0.25, -0.2) is 4.79 Å². The molecule has 5 heteroatoms. The smallest absolute Gasteiger partial charge is 0.336 e. The van der Waals surface area contributed by atoms with E-state index in [2.05, 4.69) is 16.6 Å². The normalized spacial score (nSPS) is 11.5. The van der Waals surface area contributed by atoms with Crippen LogP contribution in [0.1, 0.15) is 6.42 Å². The third kappa shape index (κ3) is 4.97. The van der Waals surface area contributed by atoms with Crippen molar-refractivity contribution < 1.29 is 19.4 Å². The summed E-state index contributed by atoms with van der Waals surface area (Å²) in [4.78, 5) is 21.5. The number of aliphatic hydroxyl groups excluding tert-OH is 1. The van der Waals surface area contributed by atoms with Crippen LogP contribution in [0.25, 0.3) is 0 Å². The fourth-order valence-electron chi connectivity index (χ4n) is 0.633. The molecule has 0 aliphatic rings. The van der Waals surface area contributed by atoms with E-state index >= 15 is 0 Å². The minimum atomic E-state index is -1.31. The van der Waals surface area contributed by atoms with E-state index in [1.807, 2.05) is 0 Å². The molecule has 0 aromatic carbocycles. The summed E-state index contributed by atoms with van der Waals surface area (Å²) in [6.45, 7) is 3.22. The average Bonchev–Trinajstić information content (AvgIpc) is 2.13. The van der Waals surface area contributed by atoms with Crippen LogP contribution in [0.3, 0.4) is 0 Å². The van der Waals surface area contributed by atoms with Gasteiger partial charge in [0.15, 0.2) is 6.10 Å². The Morgan fingerprint density at radius 2 is 2.31 bits per heavy atom. The summed E-state index contributed by atoms with van der Waals surface area (Å²) in [6.07, 6.45) is 0.284. The quantitative estimate of drug-likeness (QED) is 0.437. The highest BCUT2D eigenvalue weighted by Gasteiger charge is 2.15. The molecule has 0 saturated heterocycles. The zero-order chi connectivity index (χ0) is 10.3. The lowest BCUT2D eigenvalue weighted by Crippen LogP contribution is -2.36. The van der Waals surface area contributed by atoms with Crippen molar-refractivity contribution in [3.63, 3.8) is 0 Å². The van der Waals surface area contributed by atoms with Gasteiger partial charge < -0.3 is 15.2 Å². The Kier molecular flexibility index (Phi) is 5.54. The topological polar surface area (TPSA) is 75.6 Å². The van der Waals surface area contributed by atoms with Crippen molar-refractivity contribution in [3.05, 3.63) is 12.7 Å². The number of rotatable bonds is 5. The molecule has 0 aliphatic carbocycles. The number of carbonyl (C=O) groups is 2. The van der Waals surface area contributed by atoms with Gasteiger partial charge in [-0.3, -0.25) is 4.79 Å². The first kappa shape index (κ1) is 11.6. The van der Waals surface area contributed by atoms with Gasteiger partial charge >= 0.3 is 5.97 Å². The van der Waals surface area contributed by atoms with Gasteiger partial charge in [-0.05, 0) is 0 Å². The molecule has 0 spiro atoms. The molecule has 0 aromatic rings. The standard InChI is InChI=1S/C8H13NO4/c1-3-4-7(11)9-5-6(10)8(12)13-2/h3,6,10H,1,4-5H2,2H3,(H,9,11). The predicted octanol–water partition coefficient (Wildman–Crippen LogP) is -0.787. The van der Waals surface area contributed by atoms with Crippen molar-refractivity contribution in [2.45, 2.75) is 12.5 Å². The summed E-state index contributed by atoms with van der Waals surface area (Å²) in [5.74, 6) is -1.06. The maximum atomic E-state index is 10.8.